The summed E-state index contributed by atoms with van der Waals surface area (Å²) in [5.74, 6) is 0. The lowest BCUT2D eigenvalue weighted by atomic mass is 9.92. The Hall–Kier alpha value is -0.120. The molecule has 0 saturated heterocycles. The summed E-state index contributed by atoms with van der Waals surface area (Å²) in [4.78, 5) is 2.25. The van der Waals surface area contributed by atoms with Gasteiger partial charge in [-0.25, -0.2) is 0 Å². The lowest BCUT2D eigenvalue weighted by Crippen LogP contribution is -2.44. The second-order valence-corrected chi connectivity index (χ2v) is 4.51. The highest BCUT2D eigenvalue weighted by molar-refractivity contribution is 4.81. The average molecular weight is 215 g/mol. The molecule has 15 heavy (non-hydrogen) atoms. The third-order valence-corrected chi connectivity index (χ3v) is 3.20. The van der Waals surface area contributed by atoms with Gasteiger partial charge >= 0.3 is 0 Å². The van der Waals surface area contributed by atoms with E-state index in [9.17, 15) is 5.11 Å². The van der Waals surface area contributed by atoms with Crippen LogP contribution in [0, 0.1) is 0 Å². The van der Waals surface area contributed by atoms with Gasteiger partial charge in [0.15, 0.2) is 0 Å². The Balaban J connectivity index is 2.16. The SMILES string of the molecule is CCCOCCN(C)C1CCCCC1O. The monoisotopic (exact) mass is 215 g/mol. The highest BCUT2D eigenvalue weighted by Gasteiger charge is 2.25. The fraction of sp³-hybridized carbons (Fsp3) is 1.00. The summed E-state index contributed by atoms with van der Waals surface area (Å²) >= 11 is 0. The normalized spacial score (nSPS) is 27.2. The summed E-state index contributed by atoms with van der Waals surface area (Å²) < 4.78 is 5.46. The van der Waals surface area contributed by atoms with Gasteiger partial charge in [0.1, 0.15) is 0 Å². The number of aliphatic hydroxyl groups excluding tert-OH is 1. The zero-order chi connectivity index (χ0) is 11.1. The standard InChI is InChI=1S/C12H25NO2/c1-3-9-15-10-8-13(2)11-6-4-5-7-12(11)14/h11-12,14H,3-10H2,1-2H3. The van der Waals surface area contributed by atoms with Crippen LogP contribution in [0.2, 0.25) is 0 Å². The Morgan fingerprint density at radius 1 is 1.27 bits per heavy atom. The smallest absolute Gasteiger partial charge is 0.0695 e. The van der Waals surface area contributed by atoms with Crippen molar-refractivity contribution in [2.75, 3.05) is 26.8 Å². The minimum atomic E-state index is -0.130. The molecule has 2 unspecified atom stereocenters. The van der Waals surface area contributed by atoms with Crippen LogP contribution in [-0.4, -0.2) is 49.0 Å². The molecular formula is C12H25NO2. The van der Waals surface area contributed by atoms with Crippen LogP contribution in [0.3, 0.4) is 0 Å². The van der Waals surface area contributed by atoms with Crippen LogP contribution < -0.4 is 0 Å². The minimum Gasteiger partial charge on any atom is -0.391 e. The van der Waals surface area contributed by atoms with E-state index < -0.39 is 0 Å². The molecule has 90 valence electrons. The van der Waals surface area contributed by atoms with E-state index in [4.69, 9.17) is 4.74 Å². The third-order valence-electron chi connectivity index (χ3n) is 3.20. The molecular weight excluding hydrogens is 190 g/mol. The molecule has 1 rings (SSSR count). The summed E-state index contributed by atoms with van der Waals surface area (Å²) in [7, 11) is 2.09. The molecule has 0 radical (unpaired) electrons. The van der Waals surface area contributed by atoms with Crippen LogP contribution in [0.5, 0.6) is 0 Å². The van der Waals surface area contributed by atoms with Gasteiger partial charge in [0, 0.05) is 19.2 Å². The molecule has 2 atom stereocenters. The second kappa shape index (κ2) is 7.20. The molecule has 0 amide bonds. The van der Waals surface area contributed by atoms with Crippen molar-refractivity contribution < 1.29 is 9.84 Å². The summed E-state index contributed by atoms with van der Waals surface area (Å²) in [6.45, 7) is 4.69. The molecule has 0 aromatic heterocycles. The summed E-state index contributed by atoms with van der Waals surface area (Å²) in [5.41, 5.74) is 0. The molecule has 0 heterocycles. The molecule has 1 aliphatic rings. The van der Waals surface area contributed by atoms with E-state index in [1.807, 2.05) is 0 Å². The number of rotatable bonds is 6. The van der Waals surface area contributed by atoms with E-state index in [0.29, 0.717) is 6.04 Å². The summed E-state index contributed by atoms with van der Waals surface area (Å²) in [6, 6.07) is 0.351. The fourth-order valence-corrected chi connectivity index (χ4v) is 2.23. The van der Waals surface area contributed by atoms with Crippen LogP contribution >= 0.6 is 0 Å². The second-order valence-electron chi connectivity index (χ2n) is 4.51. The summed E-state index contributed by atoms with van der Waals surface area (Å²) in [5, 5.41) is 9.86. The Labute approximate surface area is 93.4 Å². The van der Waals surface area contributed by atoms with Crippen LogP contribution in [-0.2, 0) is 4.74 Å². The number of aliphatic hydroxyl groups is 1. The van der Waals surface area contributed by atoms with Gasteiger partial charge in [-0.05, 0) is 26.3 Å². The maximum absolute atomic E-state index is 9.86. The predicted octanol–water partition coefficient (Wildman–Crippen LogP) is 1.65. The van der Waals surface area contributed by atoms with Crippen molar-refractivity contribution in [2.24, 2.45) is 0 Å². The van der Waals surface area contributed by atoms with Crippen LogP contribution in [0.25, 0.3) is 0 Å². The molecule has 0 spiro atoms. The highest BCUT2D eigenvalue weighted by Crippen LogP contribution is 2.21. The molecule has 1 fully saturated rings. The lowest BCUT2D eigenvalue weighted by molar-refractivity contribution is 0.0168. The molecule has 0 bridgehead atoms. The highest BCUT2D eigenvalue weighted by atomic mass is 16.5. The summed E-state index contributed by atoms with van der Waals surface area (Å²) in [6.07, 6.45) is 5.47. The van der Waals surface area contributed by atoms with E-state index >= 15 is 0 Å². The quantitative estimate of drug-likeness (QED) is 0.684. The average Bonchev–Trinajstić information content (AvgIpc) is 2.25. The van der Waals surface area contributed by atoms with E-state index in [2.05, 4.69) is 18.9 Å². The van der Waals surface area contributed by atoms with E-state index in [-0.39, 0.29) is 6.10 Å². The van der Waals surface area contributed by atoms with Gasteiger partial charge in [0.05, 0.1) is 12.7 Å². The maximum Gasteiger partial charge on any atom is 0.0695 e. The molecule has 0 aliphatic heterocycles. The van der Waals surface area contributed by atoms with E-state index in [0.717, 1.165) is 39.0 Å². The number of hydrogen-bond acceptors (Lipinski definition) is 3. The predicted molar refractivity (Wildman–Crippen MR) is 62.0 cm³/mol. The van der Waals surface area contributed by atoms with Crippen molar-refractivity contribution >= 4 is 0 Å². The first-order chi connectivity index (χ1) is 7.25. The Morgan fingerprint density at radius 3 is 2.67 bits per heavy atom. The van der Waals surface area contributed by atoms with Gasteiger partial charge in [-0.2, -0.15) is 0 Å². The Morgan fingerprint density at radius 2 is 2.00 bits per heavy atom. The molecule has 1 saturated carbocycles. The van der Waals surface area contributed by atoms with Gasteiger partial charge in [-0.1, -0.05) is 19.8 Å². The zero-order valence-corrected chi connectivity index (χ0v) is 10.1. The molecule has 0 aromatic carbocycles. The van der Waals surface area contributed by atoms with Crippen LogP contribution in [0.15, 0.2) is 0 Å². The fourth-order valence-electron chi connectivity index (χ4n) is 2.23. The van der Waals surface area contributed by atoms with Gasteiger partial charge in [-0.3, -0.25) is 4.90 Å². The van der Waals surface area contributed by atoms with Crippen molar-refractivity contribution in [3.05, 3.63) is 0 Å². The van der Waals surface area contributed by atoms with Crippen molar-refractivity contribution in [3.63, 3.8) is 0 Å². The molecule has 3 nitrogen and oxygen atoms in total. The number of likely N-dealkylation sites (N-methyl/N-ethyl adjacent to an activating group) is 1. The molecule has 1 aliphatic carbocycles. The lowest BCUT2D eigenvalue weighted by Gasteiger charge is -2.35. The first-order valence-corrected chi connectivity index (χ1v) is 6.21. The minimum absolute atomic E-state index is 0.130. The number of hydrogen-bond donors (Lipinski definition) is 1. The van der Waals surface area contributed by atoms with Gasteiger partial charge in [0.25, 0.3) is 0 Å². The Kier molecular flexibility index (Phi) is 6.22. The third kappa shape index (κ3) is 4.49. The zero-order valence-electron chi connectivity index (χ0n) is 10.1. The number of ether oxygens (including phenoxy) is 1. The molecule has 3 heteroatoms. The van der Waals surface area contributed by atoms with Crippen molar-refractivity contribution in [1.82, 2.24) is 4.90 Å². The van der Waals surface area contributed by atoms with E-state index in [1.54, 1.807) is 0 Å². The first kappa shape index (κ1) is 12.9. The topological polar surface area (TPSA) is 32.7 Å². The van der Waals surface area contributed by atoms with Crippen molar-refractivity contribution in [2.45, 2.75) is 51.2 Å². The molecule has 1 N–H and O–H groups in total. The largest absolute Gasteiger partial charge is 0.391 e. The molecule has 0 aromatic rings. The number of nitrogens with zero attached hydrogens (tertiary/aromatic N) is 1. The van der Waals surface area contributed by atoms with Gasteiger partial charge in [-0.15, -0.1) is 0 Å². The van der Waals surface area contributed by atoms with Crippen LogP contribution in [0.1, 0.15) is 39.0 Å². The van der Waals surface area contributed by atoms with Crippen molar-refractivity contribution in [3.8, 4) is 0 Å². The Bertz CT molecular complexity index is 164. The first-order valence-electron chi connectivity index (χ1n) is 6.21. The van der Waals surface area contributed by atoms with Gasteiger partial charge < -0.3 is 9.84 Å². The van der Waals surface area contributed by atoms with E-state index in [1.165, 1.54) is 12.8 Å². The maximum atomic E-state index is 9.86. The van der Waals surface area contributed by atoms with Gasteiger partial charge in [0.2, 0.25) is 0 Å². The van der Waals surface area contributed by atoms with Crippen LogP contribution in [0.4, 0.5) is 0 Å². The van der Waals surface area contributed by atoms with Crippen molar-refractivity contribution in [1.29, 1.82) is 0 Å².